The van der Waals surface area contributed by atoms with Crippen LogP contribution in [0.25, 0.3) is 0 Å². The Morgan fingerprint density at radius 3 is 3.00 bits per heavy atom. The van der Waals surface area contributed by atoms with Gasteiger partial charge in [-0.3, -0.25) is 0 Å². The van der Waals surface area contributed by atoms with Gasteiger partial charge in [0, 0.05) is 13.1 Å². The highest BCUT2D eigenvalue weighted by molar-refractivity contribution is 4.92. The first-order valence-electron chi connectivity index (χ1n) is 5.33. The highest BCUT2D eigenvalue weighted by Gasteiger charge is 2.18. The lowest BCUT2D eigenvalue weighted by Gasteiger charge is -2.28. The van der Waals surface area contributed by atoms with Crippen LogP contribution in [0.2, 0.25) is 0 Å². The number of hydrogen-bond donors (Lipinski definition) is 1. The van der Waals surface area contributed by atoms with Crippen molar-refractivity contribution in [3.8, 4) is 0 Å². The molecule has 14 heavy (non-hydrogen) atoms. The average Bonchev–Trinajstić information content (AvgIpc) is 2.17. The first-order valence-corrected chi connectivity index (χ1v) is 5.33. The van der Waals surface area contributed by atoms with E-state index in [4.69, 9.17) is 9.47 Å². The summed E-state index contributed by atoms with van der Waals surface area (Å²) < 4.78 is 11.2. The van der Waals surface area contributed by atoms with E-state index >= 15 is 0 Å². The van der Waals surface area contributed by atoms with Crippen molar-refractivity contribution in [3.63, 3.8) is 0 Å². The van der Waals surface area contributed by atoms with E-state index in [0.717, 1.165) is 25.1 Å². The summed E-state index contributed by atoms with van der Waals surface area (Å²) in [5.74, 6) is 0. The van der Waals surface area contributed by atoms with Gasteiger partial charge in [0.2, 0.25) is 0 Å². The molecule has 1 N–H and O–H groups in total. The minimum atomic E-state index is 0.198. The number of rotatable bonds is 5. The minimum absolute atomic E-state index is 0.198. The molecule has 1 saturated heterocycles. The molecule has 1 fully saturated rings. The topological polar surface area (TPSA) is 30.5 Å². The third-order valence-electron chi connectivity index (χ3n) is 2.34. The first kappa shape index (κ1) is 11.7. The molecule has 1 rings (SSSR count). The Balaban J connectivity index is 2.08. The summed E-state index contributed by atoms with van der Waals surface area (Å²) >= 11 is 0. The summed E-state index contributed by atoms with van der Waals surface area (Å²) in [6, 6.07) is 0. The van der Waals surface area contributed by atoms with E-state index in [1.54, 1.807) is 0 Å². The molecular formula is C11H21NO2. The minimum Gasteiger partial charge on any atom is -0.374 e. The number of nitrogens with one attached hydrogen (secondary N) is 1. The predicted octanol–water partition coefficient (Wildman–Crippen LogP) is 1.35. The van der Waals surface area contributed by atoms with Crippen LogP contribution in [-0.4, -0.2) is 38.5 Å². The molecule has 1 heterocycles. The molecule has 82 valence electrons. The van der Waals surface area contributed by atoms with E-state index in [1.807, 2.05) is 0 Å². The SMILES string of the molecule is C=C(CC)COCC1CNCC(C)O1. The maximum absolute atomic E-state index is 5.68. The second-order valence-corrected chi connectivity index (χ2v) is 3.85. The standard InChI is InChI=1S/C11H21NO2/c1-4-9(2)7-13-8-11-6-12-5-10(3)14-11/h10-12H,2,4-8H2,1,3H3. The smallest absolute Gasteiger partial charge is 0.0936 e. The van der Waals surface area contributed by atoms with Gasteiger partial charge in [-0.25, -0.2) is 0 Å². The Morgan fingerprint density at radius 1 is 1.57 bits per heavy atom. The molecule has 0 amide bonds. The van der Waals surface area contributed by atoms with E-state index < -0.39 is 0 Å². The number of ether oxygens (including phenoxy) is 2. The highest BCUT2D eigenvalue weighted by Crippen LogP contribution is 2.04. The molecule has 3 nitrogen and oxygen atoms in total. The fraction of sp³-hybridized carbons (Fsp3) is 0.818. The third kappa shape index (κ3) is 4.22. The highest BCUT2D eigenvalue weighted by atomic mass is 16.5. The Bertz CT molecular complexity index is 182. The molecule has 2 unspecified atom stereocenters. The van der Waals surface area contributed by atoms with E-state index in [9.17, 15) is 0 Å². The molecule has 0 aromatic heterocycles. The van der Waals surface area contributed by atoms with Gasteiger partial charge in [0.15, 0.2) is 0 Å². The van der Waals surface area contributed by atoms with Gasteiger partial charge < -0.3 is 14.8 Å². The van der Waals surface area contributed by atoms with Crippen molar-refractivity contribution in [2.45, 2.75) is 32.5 Å². The van der Waals surface area contributed by atoms with Crippen molar-refractivity contribution in [1.29, 1.82) is 0 Å². The van der Waals surface area contributed by atoms with Crippen LogP contribution in [0.15, 0.2) is 12.2 Å². The lowest BCUT2D eigenvalue weighted by molar-refractivity contribution is -0.0656. The van der Waals surface area contributed by atoms with Crippen molar-refractivity contribution in [3.05, 3.63) is 12.2 Å². The van der Waals surface area contributed by atoms with Crippen LogP contribution in [0.5, 0.6) is 0 Å². The Labute approximate surface area is 86.5 Å². The predicted molar refractivity (Wildman–Crippen MR) is 57.5 cm³/mol. The van der Waals surface area contributed by atoms with Crippen molar-refractivity contribution >= 4 is 0 Å². The second kappa shape index (κ2) is 6.17. The van der Waals surface area contributed by atoms with E-state index in [0.29, 0.717) is 19.3 Å². The maximum Gasteiger partial charge on any atom is 0.0936 e. The number of morpholine rings is 1. The van der Waals surface area contributed by atoms with Gasteiger partial charge in [-0.2, -0.15) is 0 Å². The van der Waals surface area contributed by atoms with Crippen LogP contribution in [0.1, 0.15) is 20.3 Å². The molecule has 0 aromatic rings. The lowest BCUT2D eigenvalue weighted by Crippen LogP contribution is -2.45. The average molecular weight is 199 g/mol. The quantitative estimate of drug-likeness (QED) is 0.678. The summed E-state index contributed by atoms with van der Waals surface area (Å²) in [4.78, 5) is 0. The monoisotopic (exact) mass is 199 g/mol. The van der Waals surface area contributed by atoms with Crippen LogP contribution in [-0.2, 0) is 9.47 Å². The second-order valence-electron chi connectivity index (χ2n) is 3.85. The van der Waals surface area contributed by atoms with Gasteiger partial charge >= 0.3 is 0 Å². The van der Waals surface area contributed by atoms with Crippen LogP contribution in [0, 0.1) is 0 Å². The van der Waals surface area contributed by atoms with Gasteiger partial charge in [-0.05, 0) is 13.3 Å². The molecule has 0 bridgehead atoms. The molecule has 0 spiro atoms. The molecule has 0 radical (unpaired) electrons. The van der Waals surface area contributed by atoms with Gasteiger partial charge in [0.1, 0.15) is 0 Å². The molecular weight excluding hydrogens is 178 g/mol. The largest absolute Gasteiger partial charge is 0.374 e. The molecule has 0 saturated carbocycles. The van der Waals surface area contributed by atoms with E-state index in [2.05, 4.69) is 25.7 Å². The van der Waals surface area contributed by atoms with Crippen LogP contribution in [0.3, 0.4) is 0 Å². The van der Waals surface area contributed by atoms with E-state index in [1.165, 1.54) is 0 Å². The van der Waals surface area contributed by atoms with Gasteiger partial charge in [-0.15, -0.1) is 0 Å². The van der Waals surface area contributed by atoms with Crippen molar-refractivity contribution in [2.75, 3.05) is 26.3 Å². The van der Waals surface area contributed by atoms with Crippen molar-refractivity contribution in [1.82, 2.24) is 5.32 Å². The zero-order valence-corrected chi connectivity index (χ0v) is 9.21. The molecule has 3 heteroatoms. The van der Waals surface area contributed by atoms with Crippen LogP contribution < -0.4 is 5.32 Å². The molecule has 0 aromatic carbocycles. The molecule has 1 aliphatic heterocycles. The number of hydrogen-bond acceptors (Lipinski definition) is 3. The lowest BCUT2D eigenvalue weighted by atomic mass is 10.2. The summed E-state index contributed by atoms with van der Waals surface area (Å²) in [6.07, 6.45) is 1.48. The summed E-state index contributed by atoms with van der Waals surface area (Å²) in [7, 11) is 0. The third-order valence-corrected chi connectivity index (χ3v) is 2.34. The Morgan fingerprint density at radius 2 is 2.36 bits per heavy atom. The summed E-state index contributed by atoms with van der Waals surface area (Å²) in [5.41, 5.74) is 1.14. The maximum atomic E-state index is 5.68. The molecule has 1 aliphatic rings. The Hall–Kier alpha value is -0.380. The van der Waals surface area contributed by atoms with Crippen molar-refractivity contribution in [2.24, 2.45) is 0 Å². The van der Waals surface area contributed by atoms with Gasteiger partial charge in [0.05, 0.1) is 25.4 Å². The fourth-order valence-corrected chi connectivity index (χ4v) is 1.41. The molecule has 0 aliphatic carbocycles. The van der Waals surface area contributed by atoms with E-state index in [-0.39, 0.29) is 6.10 Å². The van der Waals surface area contributed by atoms with Gasteiger partial charge in [0.25, 0.3) is 0 Å². The zero-order chi connectivity index (χ0) is 10.4. The summed E-state index contributed by atoms with van der Waals surface area (Å²) in [5, 5.41) is 3.31. The Kier molecular flexibility index (Phi) is 5.15. The van der Waals surface area contributed by atoms with Crippen LogP contribution in [0.4, 0.5) is 0 Å². The molecule has 2 atom stereocenters. The normalized spacial score (nSPS) is 27.6. The van der Waals surface area contributed by atoms with Gasteiger partial charge in [-0.1, -0.05) is 19.1 Å². The fourth-order valence-electron chi connectivity index (χ4n) is 1.41. The zero-order valence-electron chi connectivity index (χ0n) is 9.21. The van der Waals surface area contributed by atoms with Crippen LogP contribution >= 0.6 is 0 Å². The first-order chi connectivity index (χ1) is 6.72. The van der Waals surface area contributed by atoms with Crippen molar-refractivity contribution < 1.29 is 9.47 Å². The summed E-state index contributed by atoms with van der Waals surface area (Å²) in [6.45, 7) is 11.2.